The Morgan fingerprint density at radius 1 is 0.560 bits per heavy atom. The molecular weight excluding hydrogens is 316 g/mol. The number of benzene rings is 2. The zero-order chi connectivity index (χ0) is 18.7. The Hall–Kier alpha value is -2.88. The molecule has 2 aromatic rings. The van der Waals surface area contributed by atoms with Gasteiger partial charge in [-0.2, -0.15) is 0 Å². The highest BCUT2D eigenvalue weighted by molar-refractivity contribution is 6.04. The Labute approximate surface area is 146 Å². The fourth-order valence-electron chi connectivity index (χ4n) is 3.05. The van der Waals surface area contributed by atoms with E-state index in [1.165, 1.54) is 27.7 Å². The van der Waals surface area contributed by atoms with E-state index in [0.29, 0.717) is 33.4 Å². The summed E-state index contributed by atoms with van der Waals surface area (Å²) in [4.78, 5) is 48.1. The molecule has 0 aromatic heterocycles. The lowest BCUT2D eigenvalue weighted by atomic mass is 9.86. The zero-order valence-electron chi connectivity index (χ0n) is 14.8. The monoisotopic (exact) mass is 336 g/mol. The van der Waals surface area contributed by atoms with Crippen LogP contribution in [0.25, 0.3) is 0 Å². The second-order valence-electron chi connectivity index (χ2n) is 6.06. The zero-order valence-corrected chi connectivity index (χ0v) is 14.8. The summed E-state index contributed by atoms with van der Waals surface area (Å²) in [6, 6.07) is 9.98. The fraction of sp³-hybridized carbons (Fsp3) is 0.238. The van der Waals surface area contributed by atoms with Crippen molar-refractivity contribution >= 4 is 23.1 Å². The van der Waals surface area contributed by atoms with E-state index in [1.807, 2.05) is 0 Å². The molecule has 4 nitrogen and oxygen atoms in total. The molecule has 25 heavy (non-hydrogen) atoms. The lowest BCUT2D eigenvalue weighted by Crippen LogP contribution is -2.13. The maximum Gasteiger partial charge on any atom is 0.160 e. The molecule has 0 N–H and O–H groups in total. The van der Waals surface area contributed by atoms with Crippen LogP contribution in [-0.2, 0) is 6.42 Å². The molecule has 0 saturated carbocycles. The van der Waals surface area contributed by atoms with Crippen LogP contribution in [0.15, 0.2) is 36.4 Å². The topological polar surface area (TPSA) is 68.3 Å². The maximum atomic E-state index is 12.0. The van der Waals surface area contributed by atoms with E-state index in [2.05, 4.69) is 0 Å². The highest BCUT2D eigenvalue weighted by atomic mass is 16.1. The summed E-state index contributed by atoms with van der Waals surface area (Å²) in [5.74, 6) is -0.656. The van der Waals surface area contributed by atoms with Gasteiger partial charge in [-0.3, -0.25) is 19.2 Å². The van der Waals surface area contributed by atoms with Crippen LogP contribution in [0.1, 0.15) is 80.3 Å². The molecule has 0 unspecified atom stereocenters. The number of hydrogen-bond donors (Lipinski definition) is 0. The van der Waals surface area contributed by atoms with Crippen molar-refractivity contribution in [3.63, 3.8) is 0 Å². The van der Waals surface area contributed by atoms with Gasteiger partial charge in [0.25, 0.3) is 0 Å². The van der Waals surface area contributed by atoms with Crippen molar-refractivity contribution < 1.29 is 19.2 Å². The quantitative estimate of drug-likeness (QED) is 0.745. The van der Waals surface area contributed by atoms with E-state index < -0.39 is 0 Å². The molecule has 128 valence electrons. The number of rotatable bonds is 6. The predicted molar refractivity (Wildman–Crippen MR) is 95.7 cm³/mol. The van der Waals surface area contributed by atoms with Gasteiger partial charge in [-0.25, -0.2) is 0 Å². The van der Waals surface area contributed by atoms with E-state index in [1.54, 1.807) is 36.4 Å². The van der Waals surface area contributed by atoms with Crippen molar-refractivity contribution in [1.29, 1.82) is 0 Å². The van der Waals surface area contributed by atoms with Crippen molar-refractivity contribution in [2.24, 2.45) is 0 Å². The fourth-order valence-corrected chi connectivity index (χ4v) is 3.05. The standard InChI is InChI=1S/C21H20O4/c1-12(22)16-7-5-8-17(13(2)23)20(16)11-21-18(14(3)24)9-6-10-19(21)15(4)25/h5-10H,11H2,1-4H3. The van der Waals surface area contributed by atoms with Gasteiger partial charge in [0, 0.05) is 28.7 Å². The van der Waals surface area contributed by atoms with E-state index in [-0.39, 0.29) is 29.6 Å². The molecule has 0 aliphatic carbocycles. The Balaban J connectivity index is 2.76. The van der Waals surface area contributed by atoms with Crippen LogP contribution in [0.3, 0.4) is 0 Å². The van der Waals surface area contributed by atoms with Gasteiger partial charge in [-0.05, 0) is 38.8 Å². The van der Waals surface area contributed by atoms with Gasteiger partial charge in [0.1, 0.15) is 0 Å². The molecule has 2 rings (SSSR count). The predicted octanol–water partition coefficient (Wildman–Crippen LogP) is 4.09. The molecular formula is C21H20O4. The largest absolute Gasteiger partial charge is 0.295 e. The van der Waals surface area contributed by atoms with Crippen LogP contribution in [-0.4, -0.2) is 23.1 Å². The minimum Gasteiger partial charge on any atom is -0.295 e. The minimum atomic E-state index is -0.164. The number of hydrogen-bond acceptors (Lipinski definition) is 4. The van der Waals surface area contributed by atoms with Crippen molar-refractivity contribution in [1.82, 2.24) is 0 Å². The molecule has 2 aromatic carbocycles. The van der Waals surface area contributed by atoms with Crippen molar-refractivity contribution in [2.45, 2.75) is 34.1 Å². The second-order valence-corrected chi connectivity index (χ2v) is 6.06. The first-order valence-corrected chi connectivity index (χ1v) is 8.01. The molecule has 0 amide bonds. The normalized spacial score (nSPS) is 10.4. The van der Waals surface area contributed by atoms with Crippen LogP contribution in [0.4, 0.5) is 0 Å². The van der Waals surface area contributed by atoms with Gasteiger partial charge < -0.3 is 0 Å². The first kappa shape index (κ1) is 18.5. The van der Waals surface area contributed by atoms with Crippen LogP contribution >= 0.6 is 0 Å². The smallest absolute Gasteiger partial charge is 0.160 e. The maximum absolute atomic E-state index is 12.0. The van der Waals surface area contributed by atoms with Crippen molar-refractivity contribution in [3.8, 4) is 0 Å². The molecule has 0 spiro atoms. The molecule has 4 heteroatoms. The van der Waals surface area contributed by atoms with Crippen LogP contribution < -0.4 is 0 Å². The summed E-state index contributed by atoms with van der Waals surface area (Å²) in [5, 5.41) is 0. The number of carbonyl (C=O) groups is 4. The van der Waals surface area contributed by atoms with Gasteiger partial charge in [-0.15, -0.1) is 0 Å². The summed E-state index contributed by atoms with van der Waals surface area (Å²) in [6.45, 7) is 5.74. The Morgan fingerprint density at radius 2 is 0.800 bits per heavy atom. The molecule has 0 aliphatic heterocycles. The van der Waals surface area contributed by atoms with Crippen molar-refractivity contribution in [3.05, 3.63) is 69.8 Å². The van der Waals surface area contributed by atoms with E-state index in [9.17, 15) is 19.2 Å². The average molecular weight is 336 g/mol. The lowest BCUT2D eigenvalue weighted by Gasteiger charge is -2.16. The first-order valence-electron chi connectivity index (χ1n) is 8.01. The molecule has 0 heterocycles. The lowest BCUT2D eigenvalue weighted by molar-refractivity contribution is 0.0998. The summed E-state index contributed by atoms with van der Waals surface area (Å²) >= 11 is 0. The third kappa shape index (κ3) is 3.79. The van der Waals surface area contributed by atoms with Gasteiger partial charge >= 0.3 is 0 Å². The number of carbonyl (C=O) groups excluding carboxylic acids is 4. The first-order chi connectivity index (χ1) is 11.7. The van der Waals surface area contributed by atoms with Crippen molar-refractivity contribution in [2.75, 3.05) is 0 Å². The molecule has 0 bridgehead atoms. The van der Waals surface area contributed by atoms with E-state index in [4.69, 9.17) is 0 Å². The number of ketones is 4. The summed E-state index contributed by atoms with van der Waals surface area (Å²) in [7, 11) is 0. The molecule has 0 aliphatic rings. The highest BCUT2D eigenvalue weighted by Gasteiger charge is 2.20. The Kier molecular flexibility index (Phi) is 5.42. The average Bonchev–Trinajstić information content (AvgIpc) is 2.54. The van der Waals surface area contributed by atoms with E-state index in [0.717, 1.165) is 0 Å². The van der Waals surface area contributed by atoms with Crippen LogP contribution in [0, 0.1) is 0 Å². The summed E-state index contributed by atoms with van der Waals surface area (Å²) < 4.78 is 0. The van der Waals surface area contributed by atoms with E-state index >= 15 is 0 Å². The molecule has 0 radical (unpaired) electrons. The molecule has 0 saturated heterocycles. The van der Waals surface area contributed by atoms with Crippen LogP contribution in [0.5, 0.6) is 0 Å². The third-order valence-corrected chi connectivity index (χ3v) is 4.22. The Morgan fingerprint density at radius 3 is 1.00 bits per heavy atom. The highest BCUT2D eigenvalue weighted by Crippen LogP contribution is 2.25. The minimum absolute atomic E-state index is 0.164. The van der Waals surface area contributed by atoms with Gasteiger partial charge in [0.15, 0.2) is 23.1 Å². The van der Waals surface area contributed by atoms with Gasteiger partial charge in [0.05, 0.1) is 0 Å². The summed E-state index contributed by atoms with van der Waals surface area (Å²) in [5.41, 5.74) is 2.83. The number of Topliss-reactive ketones (excluding diaryl/α,β-unsaturated/α-hetero) is 4. The van der Waals surface area contributed by atoms with Gasteiger partial charge in [0.2, 0.25) is 0 Å². The summed E-state index contributed by atoms with van der Waals surface area (Å²) in [6.07, 6.45) is 0.176. The molecule has 0 fully saturated rings. The Bertz CT molecular complexity index is 753. The van der Waals surface area contributed by atoms with Gasteiger partial charge in [-0.1, -0.05) is 36.4 Å². The molecule has 0 atom stereocenters. The SMILES string of the molecule is CC(=O)c1cccc(C(C)=O)c1Cc1c(C(C)=O)cccc1C(C)=O. The third-order valence-electron chi connectivity index (χ3n) is 4.22. The second kappa shape index (κ2) is 7.34. The van der Waals surface area contributed by atoms with Crippen LogP contribution in [0.2, 0.25) is 0 Å².